The van der Waals surface area contributed by atoms with Gasteiger partial charge < -0.3 is 0 Å². The molecule has 0 atom stereocenters. The van der Waals surface area contributed by atoms with E-state index >= 15 is 0 Å². The number of rotatable bonds is 0. The van der Waals surface area contributed by atoms with Crippen molar-refractivity contribution in [2.24, 2.45) is 0 Å². The molecular weight excluding hydrogens is 269 g/mol. The largest absolute Gasteiger partial charge is 1.00 e. The van der Waals surface area contributed by atoms with E-state index in [0.717, 1.165) is 0 Å². The van der Waals surface area contributed by atoms with Crippen molar-refractivity contribution in [3.8, 4) is 0 Å². The Bertz CT molecular complexity index is 69.6. The Morgan fingerprint density at radius 1 is 0.556 bits per heavy atom. The zero-order chi connectivity index (χ0) is 6.41. The predicted octanol–water partition coefficient (Wildman–Crippen LogP) is 2.14. The fraction of sp³-hybridized carbons (Fsp3) is 0. The minimum atomic E-state index is -10.8. The van der Waals surface area contributed by atoms with Gasteiger partial charge in [-0.2, -0.15) is 0 Å². The number of halogens is 6. The summed E-state index contributed by atoms with van der Waals surface area (Å²) in [7, 11) is -10.8. The van der Waals surface area contributed by atoms with Gasteiger partial charge in [-0.25, -0.2) is 0 Å². The van der Waals surface area contributed by atoms with Gasteiger partial charge in [-0.3, -0.25) is 0 Å². The molecule has 9 heavy (non-hydrogen) atoms. The fourth-order valence-electron chi connectivity index (χ4n) is 0. The monoisotopic (exact) mass is 268 g/mol. The average molecular weight is 269 g/mol. The molecule has 0 rings (SSSR count). The molecule has 0 aliphatic rings. The maximum atomic E-state index is 9.88. The summed E-state index contributed by atoms with van der Waals surface area (Å²) in [6, 6.07) is 0. The molecule has 0 aromatic carbocycles. The van der Waals surface area contributed by atoms with Crippen molar-refractivity contribution in [2.45, 2.75) is 0 Å². The Balaban J connectivity index is -0.000000180. The molecule has 0 nitrogen and oxygen atoms in total. The summed E-state index contributed by atoms with van der Waals surface area (Å²) in [6.07, 6.45) is 0. The second-order valence-corrected chi connectivity index (χ2v) is 3.21. The van der Waals surface area contributed by atoms with Crippen LogP contribution in [0.15, 0.2) is 0 Å². The van der Waals surface area contributed by atoms with Crippen LogP contribution in [0.5, 0.6) is 0 Å². The van der Waals surface area contributed by atoms with Gasteiger partial charge in [0, 0.05) is 0 Å². The molecule has 0 amide bonds. The Labute approximate surface area is 67.8 Å². The van der Waals surface area contributed by atoms with Crippen LogP contribution in [0, 0.1) is 0 Å². The molecule has 9 heteroatoms. The van der Waals surface area contributed by atoms with Crippen molar-refractivity contribution in [1.82, 2.24) is 0 Å². The molecule has 0 unspecified atom stereocenters. The summed E-state index contributed by atoms with van der Waals surface area (Å²) in [5.74, 6) is 0. The summed E-state index contributed by atoms with van der Waals surface area (Å²) >= 11 is 0. The van der Waals surface area contributed by atoms with Crippen LogP contribution in [0.2, 0.25) is 0 Å². The van der Waals surface area contributed by atoms with Gasteiger partial charge in [0.15, 0.2) is 0 Å². The molecule has 0 saturated carbocycles. The number of hydrogen-bond donors (Lipinski definition) is 0. The van der Waals surface area contributed by atoms with E-state index < -0.39 is 8.63 Å². The summed E-state index contributed by atoms with van der Waals surface area (Å²) < 4.78 is 59.3. The quantitative estimate of drug-likeness (QED) is 0.359. The van der Waals surface area contributed by atoms with E-state index in [4.69, 9.17) is 0 Å². The van der Waals surface area contributed by atoms with Crippen LogP contribution in [0.25, 0.3) is 0 Å². The predicted molar refractivity (Wildman–Crippen MR) is 12.4 cm³/mol. The standard InChI is InChI=1S/2Cu.F6Si/c;;1-7(2,3,4,5)6/q2*+1;-2. The summed E-state index contributed by atoms with van der Waals surface area (Å²) in [4.78, 5) is 0. The van der Waals surface area contributed by atoms with E-state index in [-0.39, 0.29) is 34.1 Å². The second kappa shape index (κ2) is 2.16. The summed E-state index contributed by atoms with van der Waals surface area (Å²) in [6.45, 7) is 0. The van der Waals surface area contributed by atoms with Gasteiger partial charge in [-0.15, -0.1) is 0 Å². The van der Waals surface area contributed by atoms with Gasteiger partial charge in [0.1, 0.15) is 0 Å². The minimum Gasteiger partial charge on any atom is 1.00 e. The molecule has 0 radical (unpaired) electrons. The van der Waals surface area contributed by atoms with Crippen molar-refractivity contribution < 1.29 is 58.8 Å². The third-order valence-electron chi connectivity index (χ3n) is 0. The molecule has 0 spiro atoms. The molecule has 0 fully saturated rings. The minimum absolute atomic E-state index is 0. The Morgan fingerprint density at radius 3 is 0.556 bits per heavy atom. The molecule has 68 valence electrons. The smallest absolute Gasteiger partial charge is 1.00 e. The van der Waals surface area contributed by atoms with Gasteiger partial charge in [0.25, 0.3) is 0 Å². The van der Waals surface area contributed by atoms with Gasteiger partial charge >= 0.3 is 67.4 Å². The normalized spacial score (nSPS) is 18.0. The van der Waals surface area contributed by atoms with Gasteiger partial charge in [-0.05, 0) is 0 Å². The molecule has 0 aromatic rings. The van der Waals surface area contributed by atoms with E-state index in [2.05, 4.69) is 0 Å². The van der Waals surface area contributed by atoms with Gasteiger partial charge in [0.05, 0.1) is 0 Å². The Hall–Kier alpha value is 0.836. The first-order chi connectivity index (χ1) is 2.45. The molecular formula is Cu2F6Si. The Morgan fingerprint density at radius 2 is 0.556 bits per heavy atom. The molecule has 0 saturated heterocycles. The summed E-state index contributed by atoms with van der Waals surface area (Å²) in [5.41, 5.74) is 0. The van der Waals surface area contributed by atoms with Gasteiger partial charge in [-0.1, -0.05) is 0 Å². The first-order valence-corrected chi connectivity index (χ1v) is 3.40. The molecule has 0 heterocycles. The first kappa shape index (κ1) is 16.4. The van der Waals surface area contributed by atoms with Crippen LogP contribution < -0.4 is 0 Å². The van der Waals surface area contributed by atoms with Crippen LogP contribution in [0.3, 0.4) is 0 Å². The maximum absolute atomic E-state index is 10.8. The van der Waals surface area contributed by atoms with Crippen LogP contribution in [0.4, 0.5) is 24.6 Å². The maximum Gasteiger partial charge on any atom is 1.00 e. The van der Waals surface area contributed by atoms with Crippen molar-refractivity contribution in [1.29, 1.82) is 0 Å². The van der Waals surface area contributed by atoms with Crippen molar-refractivity contribution >= 4 is 8.63 Å². The second-order valence-electron chi connectivity index (χ2n) is 1.07. The molecule has 0 bridgehead atoms. The van der Waals surface area contributed by atoms with E-state index in [0.29, 0.717) is 0 Å². The summed E-state index contributed by atoms with van der Waals surface area (Å²) in [5, 5.41) is 0. The SMILES string of the molecule is F[Si-2](F)(F)(F)(F)F.[Cu+].[Cu+]. The topological polar surface area (TPSA) is 0 Å². The van der Waals surface area contributed by atoms with E-state index in [1.807, 2.05) is 0 Å². The first-order valence-electron chi connectivity index (χ1n) is 1.13. The molecule has 0 aliphatic heterocycles. The van der Waals surface area contributed by atoms with Crippen molar-refractivity contribution in [2.75, 3.05) is 0 Å². The molecule has 0 N–H and O–H groups in total. The van der Waals surface area contributed by atoms with Crippen molar-refractivity contribution in [3.63, 3.8) is 0 Å². The van der Waals surface area contributed by atoms with Crippen molar-refractivity contribution in [3.05, 3.63) is 0 Å². The van der Waals surface area contributed by atoms with Crippen LogP contribution in [0.1, 0.15) is 0 Å². The molecule has 0 aliphatic carbocycles. The van der Waals surface area contributed by atoms with Crippen LogP contribution >= 0.6 is 0 Å². The zero-order valence-electron chi connectivity index (χ0n) is 3.37. The number of hydrogen-bond acceptors (Lipinski definition) is 0. The van der Waals surface area contributed by atoms with E-state index in [9.17, 15) is 24.6 Å². The molecule has 0 aromatic heterocycles. The van der Waals surface area contributed by atoms with E-state index in [1.54, 1.807) is 0 Å². The fourth-order valence-corrected chi connectivity index (χ4v) is 0. The Kier molecular flexibility index (Phi) is 3.95. The van der Waals surface area contributed by atoms with Gasteiger partial charge in [0.2, 0.25) is 0 Å². The third-order valence-corrected chi connectivity index (χ3v) is 0. The van der Waals surface area contributed by atoms with E-state index in [1.165, 1.54) is 0 Å². The van der Waals surface area contributed by atoms with Crippen LogP contribution in [-0.4, -0.2) is 8.63 Å². The third kappa shape index (κ3) is 591. The van der Waals surface area contributed by atoms with Crippen LogP contribution in [-0.2, 0) is 34.1 Å². The average Bonchev–Trinajstić information content (AvgIpc) is 0.592. The zero-order valence-corrected chi connectivity index (χ0v) is 6.25.